The third kappa shape index (κ3) is 3.00. The Kier molecular flexibility index (Phi) is 4.57. The lowest BCUT2D eigenvalue weighted by atomic mass is 9.95. The molecule has 4 N–H and O–H groups in total. The first-order valence-electron chi connectivity index (χ1n) is 5.30. The molecule has 0 radical (unpaired) electrons. The fourth-order valence-corrected chi connectivity index (χ4v) is 2.72. The highest BCUT2D eigenvalue weighted by molar-refractivity contribution is 8.01. The first-order valence-corrected chi connectivity index (χ1v) is 6.29. The number of carbonyl (C=O) groups excluding carboxylic acids is 2. The molecule has 92 valence electrons. The van der Waals surface area contributed by atoms with Crippen molar-refractivity contribution in [3.63, 3.8) is 0 Å². The highest BCUT2D eigenvalue weighted by atomic mass is 32.2. The van der Waals surface area contributed by atoms with E-state index in [0.717, 1.165) is 5.56 Å². The number of nitrogens with two attached hydrogens (primary N) is 2. The average Bonchev–Trinajstić information content (AvgIpc) is 2.31. The SMILES string of the molecule is CC[C@](SCC(N)=O)(C(N)=O)c1ccccc1. The van der Waals surface area contributed by atoms with E-state index in [9.17, 15) is 9.59 Å². The van der Waals surface area contributed by atoms with Crippen LogP contribution in [0.25, 0.3) is 0 Å². The Labute approximate surface area is 105 Å². The van der Waals surface area contributed by atoms with Crippen LogP contribution in [-0.4, -0.2) is 17.6 Å². The normalized spacial score (nSPS) is 13.9. The Balaban J connectivity index is 3.09. The highest BCUT2D eigenvalue weighted by Gasteiger charge is 2.37. The molecule has 0 aliphatic rings. The summed E-state index contributed by atoms with van der Waals surface area (Å²) in [5.74, 6) is -0.825. The van der Waals surface area contributed by atoms with E-state index < -0.39 is 16.6 Å². The molecule has 0 aliphatic carbocycles. The van der Waals surface area contributed by atoms with Crippen LogP contribution in [0.15, 0.2) is 30.3 Å². The minimum atomic E-state index is -0.879. The first kappa shape index (κ1) is 13.6. The van der Waals surface area contributed by atoms with E-state index in [1.165, 1.54) is 11.8 Å². The molecule has 1 atom stereocenters. The van der Waals surface area contributed by atoms with E-state index in [1.807, 2.05) is 37.3 Å². The molecule has 0 heterocycles. The van der Waals surface area contributed by atoms with Crippen LogP contribution in [0, 0.1) is 0 Å². The zero-order valence-electron chi connectivity index (χ0n) is 9.68. The second-order valence-corrected chi connectivity index (χ2v) is 4.94. The summed E-state index contributed by atoms with van der Waals surface area (Å²) in [4.78, 5) is 22.6. The van der Waals surface area contributed by atoms with E-state index in [2.05, 4.69) is 0 Å². The predicted octanol–water partition coefficient (Wildman–Crippen LogP) is 0.996. The summed E-state index contributed by atoms with van der Waals surface area (Å²) in [5, 5.41) is 0. The molecule has 4 nitrogen and oxygen atoms in total. The summed E-state index contributed by atoms with van der Waals surface area (Å²) in [7, 11) is 0. The molecular formula is C12H16N2O2S. The van der Waals surface area contributed by atoms with E-state index in [1.54, 1.807) is 0 Å². The minimum Gasteiger partial charge on any atom is -0.369 e. The van der Waals surface area contributed by atoms with Gasteiger partial charge in [-0.05, 0) is 12.0 Å². The van der Waals surface area contributed by atoms with Crippen molar-refractivity contribution >= 4 is 23.6 Å². The molecule has 1 rings (SSSR count). The zero-order chi connectivity index (χ0) is 12.9. The Morgan fingerprint density at radius 1 is 1.24 bits per heavy atom. The Hall–Kier alpha value is -1.49. The van der Waals surface area contributed by atoms with Gasteiger partial charge in [0, 0.05) is 0 Å². The van der Waals surface area contributed by atoms with E-state index in [-0.39, 0.29) is 5.75 Å². The Morgan fingerprint density at radius 2 is 1.82 bits per heavy atom. The first-order chi connectivity index (χ1) is 8.03. The van der Waals surface area contributed by atoms with Crippen molar-refractivity contribution in [2.45, 2.75) is 18.1 Å². The van der Waals surface area contributed by atoms with Gasteiger partial charge in [0.05, 0.1) is 5.75 Å². The van der Waals surface area contributed by atoms with Crippen molar-refractivity contribution in [2.24, 2.45) is 11.5 Å². The van der Waals surface area contributed by atoms with E-state index in [0.29, 0.717) is 6.42 Å². The number of amides is 2. The van der Waals surface area contributed by atoms with Gasteiger partial charge < -0.3 is 11.5 Å². The maximum absolute atomic E-state index is 11.7. The summed E-state index contributed by atoms with van der Waals surface area (Å²) in [6.07, 6.45) is 0.518. The van der Waals surface area contributed by atoms with Crippen LogP contribution in [0.5, 0.6) is 0 Å². The largest absolute Gasteiger partial charge is 0.369 e. The van der Waals surface area contributed by atoms with Crippen molar-refractivity contribution in [3.8, 4) is 0 Å². The number of primary amides is 2. The number of benzene rings is 1. The van der Waals surface area contributed by atoms with Crippen LogP contribution >= 0.6 is 11.8 Å². The van der Waals surface area contributed by atoms with E-state index >= 15 is 0 Å². The molecule has 0 saturated heterocycles. The van der Waals surface area contributed by atoms with Gasteiger partial charge in [0.1, 0.15) is 4.75 Å². The average molecular weight is 252 g/mol. The van der Waals surface area contributed by atoms with Crippen molar-refractivity contribution in [1.29, 1.82) is 0 Å². The number of carbonyl (C=O) groups is 2. The second-order valence-electron chi connectivity index (χ2n) is 3.67. The predicted molar refractivity (Wildman–Crippen MR) is 69.3 cm³/mol. The lowest BCUT2D eigenvalue weighted by molar-refractivity contribution is -0.120. The van der Waals surface area contributed by atoms with Gasteiger partial charge in [-0.1, -0.05) is 37.3 Å². The highest BCUT2D eigenvalue weighted by Crippen LogP contribution is 2.39. The van der Waals surface area contributed by atoms with Crippen molar-refractivity contribution in [2.75, 3.05) is 5.75 Å². The second kappa shape index (κ2) is 5.72. The minimum absolute atomic E-state index is 0.0751. The van der Waals surface area contributed by atoms with Crippen molar-refractivity contribution < 1.29 is 9.59 Å². The van der Waals surface area contributed by atoms with Gasteiger partial charge in [0.15, 0.2) is 0 Å². The molecular weight excluding hydrogens is 236 g/mol. The molecule has 0 aliphatic heterocycles. The number of hydrogen-bond donors (Lipinski definition) is 2. The summed E-state index contributed by atoms with van der Waals surface area (Å²) in [5.41, 5.74) is 11.4. The van der Waals surface area contributed by atoms with E-state index in [4.69, 9.17) is 11.5 Å². The Bertz CT molecular complexity index is 408. The van der Waals surface area contributed by atoms with Crippen LogP contribution in [0.3, 0.4) is 0 Å². The lowest BCUT2D eigenvalue weighted by Gasteiger charge is -2.28. The number of rotatable bonds is 6. The Morgan fingerprint density at radius 3 is 2.24 bits per heavy atom. The van der Waals surface area contributed by atoms with Gasteiger partial charge in [-0.3, -0.25) is 9.59 Å². The topological polar surface area (TPSA) is 86.2 Å². The van der Waals surface area contributed by atoms with Crippen molar-refractivity contribution in [1.82, 2.24) is 0 Å². The molecule has 1 aromatic rings. The number of thioether (sulfide) groups is 1. The van der Waals surface area contributed by atoms with Crippen LogP contribution in [-0.2, 0) is 14.3 Å². The summed E-state index contributed by atoms with van der Waals surface area (Å²) < 4.78 is -0.879. The molecule has 0 spiro atoms. The smallest absolute Gasteiger partial charge is 0.238 e. The molecule has 0 saturated carbocycles. The fourth-order valence-electron chi connectivity index (χ4n) is 1.68. The summed E-state index contributed by atoms with van der Waals surface area (Å²) in [6, 6.07) is 9.22. The third-order valence-electron chi connectivity index (χ3n) is 2.60. The van der Waals surface area contributed by atoms with Gasteiger partial charge in [0.25, 0.3) is 0 Å². The molecule has 0 unspecified atom stereocenters. The lowest BCUT2D eigenvalue weighted by Crippen LogP contribution is -2.39. The standard InChI is InChI=1S/C12H16N2O2S/c1-2-12(11(14)16,17-8-10(13)15)9-6-4-3-5-7-9/h3-7H,2,8H2,1H3,(H2,13,15)(H2,14,16)/t12-/m1/s1. The van der Waals surface area contributed by atoms with Gasteiger partial charge in [0.2, 0.25) is 11.8 Å². The maximum atomic E-state index is 11.7. The van der Waals surface area contributed by atoms with Crippen LogP contribution in [0.4, 0.5) is 0 Å². The maximum Gasteiger partial charge on any atom is 0.238 e. The van der Waals surface area contributed by atoms with Gasteiger partial charge >= 0.3 is 0 Å². The molecule has 0 bridgehead atoms. The number of hydrogen-bond acceptors (Lipinski definition) is 3. The zero-order valence-corrected chi connectivity index (χ0v) is 10.5. The quantitative estimate of drug-likeness (QED) is 0.791. The monoisotopic (exact) mass is 252 g/mol. The molecule has 17 heavy (non-hydrogen) atoms. The molecule has 1 aromatic carbocycles. The third-order valence-corrected chi connectivity index (χ3v) is 4.24. The van der Waals surface area contributed by atoms with Crippen LogP contribution in [0.2, 0.25) is 0 Å². The fraction of sp³-hybridized carbons (Fsp3) is 0.333. The van der Waals surface area contributed by atoms with Gasteiger partial charge in [-0.25, -0.2) is 0 Å². The molecule has 0 aromatic heterocycles. The van der Waals surface area contributed by atoms with Crippen LogP contribution in [0.1, 0.15) is 18.9 Å². The van der Waals surface area contributed by atoms with Gasteiger partial charge in [-0.2, -0.15) is 0 Å². The summed E-state index contributed by atoms with van der Waals surface area (Å²) in [6.45, 7) is 1.87. The molecule has 0 fully saturated rings. The summed E-state index contributed by atoms with van der Waals surface area (Å²) >= 11 is 1.19. The van der Waals surface area contributed by atoms with Crippen LogP contribution < -0.4 is 11.5 Å². The van der Waals surface area contributed by atoms with Gasteiger partial charge in [-0.15, -0.1) is 11.8 Å². The van der Waals surface area contributed by atoms with Crippen molar-refractivity contribution in [3.05, 3.63) is 35.9 Å². The molecule has 2 amide bonds. The molecule has 5 heteroatoms.